The second-order valence-corrected chi connectivity index (χ2v) is 5.76. The van der Waals surface area contributed by atoms with Crippen molar-refractivity contribution in [3.63, 3.8) is 0 Å². The number of carbonyl (C=O) groups is 2. The lowest BCUT2D eigenvalue weighted by Gasteiger charge is -2.31. The molecular formula is C17H19F3N2O5. The molecule has 0 unspecified atom stereocenters. The molecule has 7 nitrogen and oxygen atoms in total. The van der Waals surface area contributed by atoms with E-state index in [4.69, 9.17) is 4.74 Å². The maximum atomic E-state index is 12.5. The highest BCUT2D eigenvalue weighted by Crippen LogP contribution is 2.29. The molecule has 2 amide bonds. The van der Waals surface area contributed by atoms with Crippen LogP contribution in [0.4, 0.5) is 23.7 Å². The van der Waals surface area contributed by atoms with Crippen LogP contribution in [-0.2, 0) is 20.4 Å². The van der Waals surface area contributed by atoms with E-state index < -0.39 is 48.6 Å². The lowest BCUT2D eigenvalue weighted by molar-refractivity contribution is -0.145. The molecule has 0 saturated heterocycles. The van der Waals surface area contributed by atoms with Gasteiger partial charge in [-0.2, -0.15) is 13.2 Å². The second kappa shape index (κ2) is 8.87. The van der Waals surface area contributed by atoms with Crippen LogP contribution in [0.25, 0.3) is 0 Å². The highest BCUT2D eigenvalue weighted by atomic mass is 19.4. The summed E-state index contributed by atoms with van der Waals surface area (Å²) in [4.78, 5) is 23.3. The molecule has 0 bridgehead atoms. The number of amides is 2. The summed E-state index contributed by atoms with van der Waals surface area (Å²) in [5.41, 5.74) is -0.653. The monoisotopic (exact) mass is 388 g/mol. The predicted octanol–water partition coefficient (Wildman–Crippen LogP) is 2.07. The van der Waals surface area contributed by atoms with Gasteiger partial charge in [0.2, 0.25) is 0 Å². The van der Waals surface area contributed by atoms with Gasteiger partial charge in [0.15, 0.2) is 0 Å². The van der Waals surface area contributed by atoms with Crippen molar-refractivity contribution >= 4 is 17.7 Å². The van der Waals surface area contributed by atoms with Crippen molar-refractivity contribution < 1.29 is 37.3 Å². The summed E-state index contributed by atoms with van der Waals surface area (Å²) in [6.07, 6.45) is -2.74. The quantitative estimate of drug-likeness (QED) is 0.530. The Hall–Kier alpha value is -2.59. The van der Waals surface area contributed by atoms with E-state index in [9.17, 15) is 27.9 Å². The Morgan fingerprint density at radius 1 is 1.22 bits per heavy atom. The zero-order chi connectivity index (χ0) is 20.0. The van der Waals surface area contributed by atoms with Crippen LogP contribution in [0, 0.1) is 0 Å². The second-order valence-electron chi connectivity index (χ2n) is 5.76. The van der Waals surface area contributed by atoms with Gasteiger partial charge in [-0.3, -0.25) is 4.79 Å². The molecule has 0 radical (unpaired) electrons. The van der Waals surface area contributed by atoms with Crippen LogP contribution in [0.15, 0.2) is 36.4 Å². The van der Waals surface area contributed by atoms with Crippen LogP contribution >= 0.6 is 0 Å². The lowest BCUT2D eigenvalue weighted by Crippen LogP contribution is -2.49. The summed E-state index contributed by atoms with van der Waals surface area (Å²) in [7, 11) is 1.24. The van der Waals surface area contributed by atoms with Crippen molar-refractivity contribution in [1.82, 2.24) is 5.32 Å². The van der Waals surface area contributed by atoms with Gasteiger partial charge in [-0.25, -0.2) is 4.79 Å². The fourth-order valence-electron chi connectivity index (χ4n) is 2.44. The summed E-state index contributed by atoms with van der Waals surface area (Å²) in [5, 5.41) is 14.4. The third-order valence-electron chi connectivity index (χ3n) is 3.83. The first-order chi connectivity index (χ1) is 12.7. The van der Waals surface area contributed by atoms with Crippen LogP contribution in [-0.4, -0.2) is 49.1 Å². The average molecular weight is 388 g/mol. The molecule has 27 heavy (non-hydrogen) atoms. The molecule has 1 aliphatic rings. The Balaban J connectivity index is 1.94. The maximum absolute atomic E-state index is 12.5. The molecule has 1 aliphatic heterocycles. The number of ether oxygens (including phenoxy) is 2. The number of esters is 1. The number of hydrogen-bond donors (Lipinski definition) is 3. The summed E-state index contributed by atoms with van der Waals surface area (Å²) in [6.45, 7) is -0.409. The van der Waals surface area contributed by atoms with Gasteiger partial charge in [0, 0.05) is 5.69 Å². The van der Waals surface area contributed by atoms with Gasteiger partial charge in [-0.15, -0.1) is 0 Å². The van der Waals surface area contributed by atoms with Crippen LogP contribution in [0.1, 0.15) is 12.0 Å². The minimum absolute atomic E-state index is 0.0338. The van der Waals surface area contributed by atoms with E-state index in [1.54, 1.807) is 12.2 Å². The third kappa shape index (κ3) is 5.97. The molecule has 148 valence electrons. The molecule has 0 aromatic heterocycles. The Bertz CT molecular complexity index is 691. The number of rotatable bonds is 5. The Labute approximate surface area is 153 Å². The van der Waals surface area contributed by atoms with E-state index in [0.717, 1.165) is 24.3 Å². The standard InChI is InChI=1S/C17H19F3N2O5/c1-26-15(24)8-12-6-7-13(14(9-23)27-12)22-16(25)21-11-4-2-10(3-5-11)17(18,19)20/h2-7,12-14,23H,8-9H2,1H3,(H2,21,22,25)/t12-,13+,14+/m1/s1. The average Bonchev–Trinajstić information content (AvgIpc) is 2.62. The van der Waals surface area contributed by atoms with E-state index in [1.807, 2.05) is 0 Å². The predicted molar refractivity (Wildman–Crippen MR) is 88.9 cm³/mol. The maximum Gasteiger partial charge on any atom is 0.416 e. The van der Waals surface area contributed by atoms with E-state index in [-0.39, 0.29) is 12.1 Å². The first kappa shape index (κ1) is 20.7. The minimum Gasteiger partial charge on any atom is -0.469 e. The summed E-state index contributed by atoms with van der Waals surface area (Å²) in [6, 6.07) is 2.61. The van der Waals surface area contributed by atoms with Gasteiger partial charge < -0.3 is 25.2 Å². The number of alkyl halides is 3. The van der Waals surface area contributed by atoms with Crippen molar-refractivity contribution in [3.05, 3.63) is 42.0 Å². The molecule has 10 heteroatoms. The van der Waals surface area contributed by atoms with Gasteiger partial charge in [0.1, 0.15) is 6.10 Å². The topological polar surface area (TPSA) is 96.9 Å². The molecular weight excluding hydrogens is 369 g/mol. The minimum atomic E-state index is -4.46. The Morgan fingerprint density at radius 3 is 2.44 bits per heavy atom. The number of aliphatic hydroxyl groups is 1. The van der Waals surface area contributed by atoms with Crippen molar-refractivity contribution in [1.29, 1.82) is 0 Å². The van der Waals surface area contributed by atoms with Crippen LogP contribution < -0.4 is 10.6 Å². The number of nitrogens with one attached hydrogen (secondary N) is 2. The van der Waals surface area contributed by atoms with Crippen molar-refractivity contribution in [2.75, 3.05) is 19.0 Å². The lowest BCUT2D eigenvalue weighted by atomic mass is 10.1. The molecule has 1 heterocycles. The first-order valence-electron chi connectivity index (χ1n) is 7.99. The van der Waals surface area contributed by atoms with Crippen LogP contribution in [0.3, 0.4) is 0 Å². The molecule has 1 aromatic rings. The third-order valence-corrected chi connectivity index (χ3v) is 3.83. The summed E-state index contributed by atoms with van der Waals surface area (Å²) < 4.78 is 47.7. The number of halogens is 3. The number of carbonyl (C=O) groups excluding carboxylic acids is 2. The SMILES string of the molecule is COC(=O)C[C@H]1C=C[C@H](NC(=O)Nc2ccc(C(F)(F)F)cc2)[C@H](CO)O1. The fourth-order valence-corrected chi connectivity index (χ4v) is 2.44. The van der Waals surface area contributed by atoms with Gasteiger partial charge in [0.25, 0.3) is 0 Å². The van der Waals surface area contributed by atoms with Gasteiger partial charge in [0.05, 0.1) is 37.8 Å². The van der Waals surface area contributed by atoms with Gasteiger partial charge >= 0.3 is 18.2 Å². The van der Waals surface area contributed by atoms with Crippen molar-refractivity contribution in [2.24, 2.45) is 0 Å². The normalized spacial score (nSPS) is 22.2. The van der Waals surface area contributed by atoms with Crippen molar-refractivity contribution in [2.45, 2.75) is 30.8 Å². The molecule has 1 aromatic carbocycles. The van der Waals surface area contributed by atoms with Gasteiger partial charge in [-0.05, 0) is 24.3 Å². The Kier molecular flexibility index (Phi) is 6.81. The zero-order valence-electron chi connectivity index (χ0n) is 14.3. The first-order valence-corrected chi connectivity index (χ1v) is 7.99. The number of hydrogen-bond acceptors (Lipinski definition) is 5. The summed E-state index contributed by atoms with van der Waals surface area (Å²) in [5.74, 6) is -0.479. The van der Waals surface area contributed by atoms with E-state index in [2.05, 4.69) is 15.4 Å². The molecule has 2 rings (SSSR count). The highest BCUT2D eigenvalue weighted by Gasteiger charge is 2.31. The molecule has 0 fully saturated rings. The fraction of sp³-hybridized carbons (Fsp3) is 0.412. The molecule has 0 aliphatic carbocycles. The van der Waals surface area contributed by atoms with Gasteiger partial charge in [-0.1, -0.05) is 12.2 Å². The summed E-state index contributed by atoms with van der Waals surface area (Å²) >= 11 is 0. The molecule has 3 atom stereocenters. The van der Waals surface area contributed by atoms with Crippen LogP contribution in [0.5, 0.6) is 0 Å². The molecule has 3 N–H and O–H groups in total. The number of benzene rings is 1. The smallest absolute Gasteiger partial charge is 0.416 e. The number of aliphatic hydroxyl groups excluding tert-OH is 1. The van der Waals surface area contributed by atoms with E-state index >= 15 is 0 Å². The Morgan fingerprint density at radius 2 is 1.89 bits per heavy atom. The van der Waals surface area contributed by atoms with E-state index in [1.165, 1.54) is 7.11 Å². The molecule has 0 saturated carbocycles. The molecule has 0 spiro atoms. The van der Waals surface area contributed by atoms with Crippen molar-refractivity contribution in [3.8, 4) is 0 Å². The van der Waals surface area contributed by atoms with E-state index in [0.29, 0.717) is 0 Å². The highest BCUT2D eigenvalue weighted by molar-refractivity contribution is 5.89. The number of methoxy groups -OCH3 is 1. The largest absolute Gasteiger partial charge is 0.469 e. The zero-order valence-corrected chi connectivity index (χ0v) is 14.3. The number of urea groups is 1. The number of anilines is 1. The van der Waals surface area contributed by atoms with Crippen LogP contribution in [0.2, 0.25) is 0 Å².